The van der Waals surface area contributed by atoms with Crippen LogP contribution >= 0.6 is 11.6 Å². The molecule has 0 bridgehead atoms. The molecule has 1 aliphatic heterocycles. The van der Waals surface area contributed by atoms with E-state index in [4.69, 9.17) is 16.3 Å². The molecule has 8 nitrogen and oxygen atoms in total. The summed E-state index contributed by atoms with van der Waals surface area (Å²) in [4.78, 5) is 36.3. The molecule has 2 aromatic rings. The zero-order chi connectivity index (χ0) is 19.1. The number of nitrogens with one attached hydrogen (secondary N) is 1. The zero-order valence-electron chi connectivity index (χ0n) is 14.7. The van der Waals surface area contributed by atoms with Gasteiger partial charge in [-0.25, -0.2) is 9.97 Å². The van der Waals surface area contributed by atoms with Gasteiger partial charge in [-0.1, -0.05) is 11.6 Å². The summed E-state index contributed by atoms with van der Waals surface area (Å²) in [5, 5.41) is 3.18. The lowest BCUT2D eigenvalue weighted by molar-refractivity contribution is -0.133. The summed E-state index contributed by atoms with van der Waals surface area (Å²) < 4.78 is 5.35. The van der Waals surface area contributed by atoms with E-state index in [9.17, 15) is 9.59 Å². The van der Waals surface area contributed by atoms with E-state index in [2.05, 4.69) is 15.3 Å². The maximum Gasteiger partial charge on any atom is 0.258 e. The number of amides is 2. The molecule has 1 N–H and O–H groups in total. The van der Waals surface area contributed by atoms with Crippen molar-refractivity contribution in [2.45, 2.75) is 0 Å². The Bertz CT molecular complexity index is 764. The summed E-state index contributed by atoms with van der Waals surface area (Å²) in [5.41, 5.74) is 0. The summed E-state index contributed by atoms with van der Waals surface area (Å²) in [5.74, 6) is 0.732. The highest BCUT2D eigenvalue weighted by atomic mass is 35.5. The van der Waals surface area contributed by atoms with E-state index in [0.717, 1.165) is 0 Å². The van der Waals surface area contributed by atoms with Crippen molar-refractivity contribution in [3.63, 3.8) is 0 Å². The molecule has 0 atom stereocenters. The number of hydrogen-bond donors (Lipinski definition) is 1. The smallest absolute Gasteiger partial charge is 0.258 e. The number of carbonyl (C=O) groups is 2. The van der Waals surface area contributed by atoms with Crippen molar-refractivity contribution in [2.75, 3.05) is 44.2 Å². The van der Waals surface area contributed by atoms with Crippen molar-refractivity contribution in [3.8, 4) is 5.75 Å². The summed E-state index contributed by atoms with van der Waals surface area (Å²) >= 11 is 5.79. The SMILES string of the molecule is O=C(COc1ccc(Cl)cc1)NCC(=O)N1CCN(c2ncccn2)CC1. The van der Waals surface area contributed by atoms with Crippen molar-refractivity contribution in [1.29, 1.82) is 0 Å². The summed E-state index contributed by atoms with van der Waals surface area (Å²) in [7, 11) is 0. The van der Waals surface area contributed by atoms with Gasteiger partial charge in [-0.3, -0.25) is 9.59 Å². The number of halogens is 1. The van der Waals surface area contributed by atoms with Gasteiger partial charge in [0, 0.05) is 43.6 Å². The Morgan fingerprint density at radius 1 is 1.07 bits per heavy atom. The fourth-order valence-electron chi connectivity index (χ4n) is 2.63. The Kier molecular flexibility index (Phi) is 6.43. The number of rotatable bonds is 6. The minimum absolute atomic E-state index is 0.0509. The summed E-state index contributed by atoms with van der Waals surface area (Å²) in [6.45, 7) is 2.23. The highest BCUT2D eigenvalue weighted by Gasteiger charge is 2.22. The quantitative estimate of drug-likeness (QED) is 0.792. The van der Waals surface area contributed by atoms with Gasteiger partial charge in [-0.05, 0) is 30.3 Å². The number of nitrogens with zero attached hydrogens (tertiary/aromatic N) is 4. The molecule has 3 rings (SSSR count). The number of hydrogen-bond acceptors (Lipinski definition) is 6. The van der Waals surface area contributed by atoms with Gasteiger partial charge < -0.3 is 19.9 Å². The van der Waals surface area contributed by atoms with Crippen LogP contribution < -0.4 is 15.0 Å². The molecule has 0 spiro atoms. The maximum atomic E-state index is 12.3. The van der Waals surface area contributed by atoms with Crippen LogP contribution in [0.4, 0.5) is 5.95 Å². The average molecular weight is 390 g/mol. The third-order valence-corrected chi connectivity index (χ3v) is 4.34. The molecule has 1 fully saturated rings. The largest absolute Gasteiger partial charge is 0.484 e. The molecule has 1 aliphatic rings. The van der Waals surface area contributed by atoms with Crippen LogP contribution in [0.5, 0.6) is 5.75 Å². The van der Waals surface area contributed by atoms with Crippen LogP contribution in [-0.4, -0.2) is 66.0 Å². The first-order valence-electron chi connectivity index (χ1n) is 8.56. The fourth-order valence-corrected chi connectivity index (χ4v) is 2.75. The number of piperazine rings is 1. The molecule has 1 aromatic heterocycles. The van der Waals surface area contributed by atoms with Crippen LogP contribution in [0, 0.1) is 0 Å². The molecule has 0 radical (unpaired) electrons. The second-order valence-corrected chi connectivity index (χ2v) is 6.37. The Morgan fingerprint density at radius 2 is 1.74 bits per heavy atom. The highest BCUT2D eigenvalue weighted by molar-refractivity contribution is 6.30. The fraction of sp³-hybridized carbons (Fsp3) is 0.333. The molecule has 0 saturated carbocycles. The number of aromatic nitrogens is 2. The topological polar surface area (TPSA) is 87.7 Å². The minimum Gasteiger partial charge on any atom is -0.484 e. The number of benzene rings is 1. The Hall–Kier alpha value is -2.87. The normalized spacial score (nSPS) is 14.0. The van der Waals surface area contributed by atoms with Gasteiger partial charge in [0.25, 0.3) is 5.91 Å². The van der Waals surface area contributed by atoms with E-state index in [-0.39, 0.29) is 25.0 Å². The first-order valence-corrected chi connectivity index (χ1v) is 8.94. The van der Waals surface area contributed by atoms with E-state index in [1.165, 1.54) is 0 Å². The highest BCUT2D eigenvalue weighted by Crippen LogP contribution is 2.15. The summed E-state index contributed by atoms with van der Waals surface area (Å²) in [6, 6.07) is 8.48. The second-order valence-electron chi connectivity index (χ2n) is 5.94. The molecule has 1 saturated heterocycles. The summed E-state index contributed by atoms with van der Waals surface area (Å²) in [6.07, 6.45) is 3.39. The average Bonchev–Trinajstić information content (AvgIpc) is 2.72. The van der Waals surface area contributed by atoms with E-state index < -0.39 is 0 Å². The molecule has 27 heavy (non-hydrogen) atoms. The van der Waals surface area contributed by atoms with E-state index in [1.54, 1.807) is 47.6 Å². The van der Waals surface area contributed by atoms with Crippen molar-refractivity contribution < 1.29 is 14.3 Å². The Balaban J connectivity index is 1.37. The van der Waals surface area contributed by atoms with Gasteiger partial charge in [0.05, 0.1) is 6.54 Å². The van der Waals surface area contributed by atoms with E-state index in [1.807, 2.05) is 4.90 Å². The van der Waals surface area contributed by atoms with E-state index >= 15 is 0 Å². The minimum atomic E-state index is -0.352. The van der Waals surface area contributed by atoms with E-state index in [0.29, 0.717) is 42.9 Å². The van der Waals surface area contributed by atoms with Crippen LogP contribution in [0.1, 0.15) is 0 Å². The molecule has 1 aromatic carbocycles. The standard InChI is InChI=1S/C18H20ClN5O3/c19-14-2-4-15(5-3-14)27-13-16(25)22-12-17(26)23-8-10-24(11-9-23)18-20-6-1-7-21-18/h1-7H,8-13H2,(H,22,25). The molecule has 0 aliphatic carbocycles. The van der Waals surface area contributed by atoms with Crippen LogP contribution in [0.25, 0.3) is 0 Å². The third-order valence-electron chi connectivity index (χ3n) is 4.09. The Morgan fingerprint density at radius 3 is 2.41 bits per heavy atom. The molecule has 2 amide bonds. The van der Waals surface area contributed by atoms with Gasteiger partial charge in [0.2, 0.25) is 11.9 Å². The van der Waals surface area contributed by atoms with Crippen LogP contribution in [-0.2, 0) is 9.59 Å². The molecular weight excluding hydrogens is 370 g/mol. The first-order chi connectivity index (χ1) is 13.1. The zero-order valence-corrected chi connectivity index (χ0v) is 15.4. The van der Waals surface area contributed by atoms with Crippen molar-refractivity contribution in [2.24, 2.45) is 0 Å². The number of anilines is 1. The predicted molar refractivity (Wildman–Crippen MR) is 101 cm³/mol. The molecule has 142 valence electrons. The molecule has 0 unspecified atom stereocenters. The molecule has 9 heteroatoms. The lowest BCUT2D eigenvalue weighted by atomic mass is 10.3. The third kappa shape index (κ3) is 5.55. The number of ether oxygens (including phenoxy) is 1. The van der Waals surface area contributed by atoms with Crippen LogP contribution in [0.15, 0.2) is 42.7 Å². The van der Waals surface area contributed by atoms with Gasteiger partial charge in [-0.15, -0.1) is 0 Å². The van der Waals surface area contributed by atoms with Gasteiger partial charge in [-0.2, -0.15) is 0 Å². The maximum absolute atomic E-state index is 12.3. The van der Waals surface area contributed by atoms with Gasteiger partial charge >= 0.3 is 0 Å². The van der Waals surface area contributed by atoms with Crippen molar-refractivity contribution in [3.05, 3.63) is 47.7 Å². The predicted octanol–water partition coefficient (Wildman–Crippen LogP) is 0.974. The van der Waals surface area contributed by atoms with Crippen LogP contribution in [0.3, 0.4) is 0 Å². The molecule has 2 heterocycles. The van der Waals surface area contributed by atoms with Crippen molar-refractivity contribution >= 4 is 29.4 Å². The second kappa shape index (κ2) is 9.18. The number of carbonyl (C=O) groups excluding carboxylic acids is 2. The van der Waals surface area contributed by atoms with Crippen molar-refractivity contribution in [1.82, 2.24) is 20.2 Å². The Labute approximate surface area is 162 Å². The first kappa shape index (κ1) is 18.9. The van der Waals surface area contributed by atoms with Crippen LogP contribution in [0.2, 0.25) is 5.02 Å². The van der Waals surface area contributed by atoms with Gasteiger partial charge in [0.15, 0.2) is 6.61 Å². The lowest BCUT2D eigenvalue weighted by Crippen LogP contribution is -2.51. The lowest BCUT2D eigenvalue weighted by Gasteiger charge is -2.34. The van der Waals surface area contributed by atoms with Gasteiger partial charge in [0.1, 0.15) is 5.75 Å². The monoisotopic (exact) mass is 389 g/mol. The molecular formula is C18H20ClN5O3.